The summed E-state index contributed by atoms with van der Waals surface area (Å²) in [6, 6.07) is 6.51. The highest BCUT2D eigenvalue weighted by atomic mass is 32.2. The van der Waals surface area contributed by atoms with Crippen LogP contribution in [0.2, 0.25) is 0 Å². The summed E-state index contributed by atoms with van der Waals surface area (Å²) >= 11 is 1.28. The second-order valence-electron chi connectivity index (χ2n) is 4.52. The number of carboxylic acids is 1. The van der Waals surface area contributed by atoms with Crippen LogP contribution in [0, 0.1) is 5.92 Å². The van der Waals surface area contributed by atoms with Crippen molar-refractivity contribution in [3.8, 4) is 0 Å². The van der Waals surface area contributed by atoms with Crippen molar-refractivity contribution in [3.05, 3.63) is 29.8 Å². The molecule has 1 aromatic carbocycles. The van der Waals surface area contributed by atoms with Gasteiger partial charge in [0.1, 0.15) is 0 Å². The third-order valence-corrected chi connectivity index (χ3v) is 3.36. The summed E-state index contributed by atoms with van der Waals surface area (Å²) in [5.74, 6) is -0.540. The van der Waals surface area contributed by atoms with Crippen LogP contribution < -0.4 is 0 Å². The number of hydrogen-bond acceptors (Lipinski definition) is 4. The number of ether oxygens (including phenoxy) is 1. The van der Waals surface area contributed by atoms with Crippen molar-refractivity contribution in [1.82, 2.24) is 0 Å². The van der Waals surface area contributed by atoms with Gasteiger partial charge in [-0.3, -0.25) is 4.79 Å². The molecule has 0 spiro atoms. The summed E-state index contributed by atoms with van der Waals surface area (Å²) in [5.41, 5.74) is 0.221. The second kappa shape index (κ2) is 7.84. The van der Waals surface area contributed by atoms with Crippen molar-refractivity contribution < 1.29 is 19.4 Å². The van der Waals surface area contributed by atoms with Crippen LogP contribution in [0.15, 0.2) is 29.2 Å². The summed E-state index contributed by atoms with van der Waals surface area (Å²) in [5, 5.41) is 8.85. The third kappa shape index (κ3) is 6.29. The molecule has 1 N–H and O–H groups in total. The molecule has 5 heteroatoms. The zero-order valence-corrected chi connectivity index (χ0v) is 11.9. The molecule has 1 aromatic rings. The summed E-state index contributed by atoms with van der Waals surface area (Å²) in [6.07, 6.45) is 0.852. The summed E-state index contributed by atoms with van der Waals surface area (Å²) < 4.78 is 5.08. The first-order valence-corrected chi connectivity index (χ1v) is 7.09. The summed E-state index contributed by atoms with van der Waals surface area (Å²) in [7, 11) is 0. The lowest BCUT2D eigenvalue weighted by Gasteiger charge is -2.06. The van der Waals surface area contributed by atoms with E-state index >= 15 is 0 Å². The van der Waals surface area contributed by atoms with Crippen LogP contribution in [0.25, 0.3) is 0 Å². The van der Waals surface area contributed by atoms with E-state index in [2.05, 4.69) is 13.8 Å². The predicted octanol–water partition coefficient (Wildman–Crippen LogP) is 3.07. The van der Waals surface area contributed by atoms with Crippen molar-refractivity contribution in [2.24, 2.45) is 5.92 Å². The molecule has 0 heterocycles. The van der Waals surface area contributed by atoms with E-state index in [1.54, 1.807) is 18.2 Å². The lowest BCUT2D eigenvalue weighted by molar-refractivity contribution is -0.140. The molecule has 0 saturated carbocycles. The first-order valence-electron chi connectivity index (χ1n) is 6.11. The molecule has 0 bridgehead atoms. The quantitative estimate of drug-likeness (QED) is 0.615. The Morgan fingerprint density at radius 3 is 2.74 bits per heavy atom. The van der Waals surface area contributed by atoms with Crippen LogP contribution in [0.3, 0.4) is 0 Å². The smallest absolute Gasteiger partial charge is 0.335 e. The number of rotatable bonds is 7. The van der Waals surface area contributed by atoms with Gasteiger partial charge in [0, 0.05) is 4.90 Å². The molecule has 19 heavy (non-hydrogen) atoms. The molecular weight excluding hydrogens is 264 g/mol. The van der Waals surface area contributed by atoms with Crippen molar-refractivity contribution >= 4 is 23.7 Å². The zero-order valence-electron chi connectivity index (χ0n) is 11.1. The number of aromatic carboxylic acids is 1. The van der Waals surface area contributed by atoms with E-state index < -0.39 is 5.97 Å². The van der Waals surface area contributed by atoms with Crippen LogP contribution in [-0.2, 0) is 9.53 Å². The minimum Gasteiger partial charge on any atom is -0.478 e. The molecular formula is C14H18O4S. The average molecular weight is 282 g/mol. The second-order valence-corrected chi connectivity index (χ2v) is 5.57. The molecule has 0 saturated heterocycles. The molecule has 0 atom stereocenters. The summed E-state index contributed by atoms with van der Waals surface area (Å²) in [6.45, 7) is 4.58. The monoisotopic (exact) mass is 282 g/mol. The van der Waals surface area contributed by atoms with E-state index in [0.717, 1.165) is 11.3 Å². The molecule has 0 radical (unpaired) electrons. The van der Waals surface area contributed by atoms with Gasteiger partial charge in [-0.15, -0.1) is 11.8 Å². The molecule has 0 fully saturated rings. The molecule has 0 aliphatic rings. The number of esters is 1. The maximum atomic E-state index is 11.5. The molecule has 104 valence electrons. The fourth-order valence-electron chi connectivity index (χ4n) is 1.31. The zero-order chi connectivity index (χ0) is 14.3. The van der Waals surface area contributed by atoms with Crippen molar-refractivity contribution in [2.75, 3.05) is 12.4 Å². The fourth-order valence-corrected chi connectivity index (χ4v) is 2.06. The Balaban J connectivity index is 2.37. The summed E-state index contributed by atoms with van der Waals surface area (Å²) in [4.78, 5) is 23.0. The fraction of sp³-hybridized carbons (Fsp3) is 0.429. The van der Waals surface area contributed by atoms with Gasteiger partial charge < -0.3 is 9.84 Å². The van der Waals surface area contributed by atoms with Gasteiger partial charge in [-0.1, -0.05) is 19.9 Å². The number of thioether (sulfide) groups is 1. The Kier molecular flexibility index (Phi) is 6.42. The Hall–Kier alpha value is -1.49. The van der Waals surface area contributed by atoms with Gasteiger partial charge in [0.2, 0.25) is 0 Å². The molecule has 1 rings (SSSR count). The van der Waals surface area contributed by atoms with Crippen molar-refractivity contribution in [3.63, 3.8) is 0 Å². The Labute approximate surface area is 117 Å². The van der Waals surface area contributed by atoms with E-state index in [1.807, 2.05) is 0 Å². The maximum absolute atomic E-state index is 11.5. The molecule has 0 aliphatic heterocycles. The van der Waals surface area contributed by atoms with E-state index in [1.165, 1.54) is 17.8 Å². The normalized spacial score (nSPS) is 10.5. The number of carboxylic acid groups (broad SMARTS) is 1. The van der Waals surface area contributed by atoms with Gasteiger partial charge >= 0.3 is 11.9 Å². The molecule has 0 aliphatic carbocycles. The molecule has 0 aromatic heterocycles. The van der Waals surface area contributed by atoms with Gasteiger partial charge in [-0.05, 0) is 30.5 Å². The maximum Gasteiger partial charge on any atom is 0.335 e. The van der Waals surface area contributed by atoms with Crippen LogP contribution in [-0.4, -0.2) is 29.4 Å². The third-order valence-electron chi connectivity index (χ3n) is 2.40. The molecule has 0 amide bonds. The van der Waals surface area contributed by atoms with Crippen LogP contribution in [0.4, 0.5) is 0 Å². The van der Waals surface area contributed by atoms with Crippen LogP contribution in [0.5, 0.6) is 0 Å². The lowest BCUT2D eigenvalue weighted by atomic mass is 10.1. The van der Waals surface area contributed by atoms with E-state index in [4.69, 9.17) is 9.84 Å². The highest BCUT2D eigenvalue weighted by molar-refractivity contribution is 8.00. The SMILES string of the molecule is CC(C)CCOC(=O)CSc1cccc(C(=O)O)c1. The standard InChI is InChI=1S/C14H18O4S/c1-10(2)6-7-18-13(15)9-19-12-5-3-4-11(8-12)14(16)17/h3-5,8,10H,6-7,9H2,1-2H3,(H,16,17). The predicted molar refractivity (Wildman–Crippen MR) is 74.5 cm³/mol. The number of carbonyl (C=O) groups excluding carboxylic acids is 1. The minimum atomic E-state index is -0.970. The van der Waals surface area contributed by atoms with Crippen molar-refractivity contribution in [2.45, 2.75) is 25.2 Å². The highest BCUT2D eigenvalue weighted by Crippen LogP contribution is 2.19. The van der Waals surface area contributed by atoms with Crippen LogP contribution in [0.1, 0.15) is 30.6 Å². The molecule has 4 nitrogen and oxygen atoms in total. The topological polar surface area (TPSA) is 63.6 Å². The molecule has 0 unspecified atom stereocenters. The Bertz CT molecular complexity index is 443. The average Bonchev–Trinajstić information content (AvgIpc) is 2.36. The highest BCUT2D eigenvalue weighted by Gasteiger charge is 2.07. The van der Waals surface area contributed by atoms with Gasteiger partial charge in [-0.2, -0.15) is 0 Å². The minimum absolute atomic E-state index is 0.196. The van der Waals surface area contributed by atoms with Gasteiger partial charge in [0.15, 0.2) is 0 Å². The van der Waals surface area contributed by atoms with E-state index in [9.17, 15) is 9.59 Å². The van der Waals surface area contributed by atoms with Gasteiger partial charge in [-0.25, -0.2) is 4.79 Å². The van der Waals surface area contributed by atoms with Crippen LogP contribution >= 0.6 is 11.8 Å². The van der Waals surface area contributed by atoms with Gasteiger partial charge in [0.05, 0.1) is 17.9 Å². The van der Waals surface area contributed by atoms with Crippen molar-refractivity contribution in [1.29, 1.82) is 0 Å². The number of hydrogen-bond donors (Lipinski definition) is 1. The lowest BCUT2D eigenvalue weighted by Crippen LogP contribution is -2.09. The first-order chi connectivity index (χ1) is 8.99. The number of benzene rings is 1. The van der Waals surface area contributed by atoms with Gasteiger partial charge in [0.25, 0.3) is 0 Å². The van der Waals surface area contributed by atoms with E-state index in [-0.39, 0.29) is 17.3 Å². The first kappa shape index (κ1) is 15.6. The van der Waals surface area contributed by atoms with E-state index in [0.29, 0.717) is 12.5 Å². The largest absolute Gasteiger partial charge is 0.478 e. The Morgan fingerprint density at radius 2 is 2.11 bits per heavy atom. The number of carbonyl (C=O) groups is 2. The Morgan fingerprint density at radius 1 is 1.37 bits per heavy atom.